The first-order valence-corrected chi connectivity index (χ1v) is 8.33. The molecule has 0 aliphatic rings. The van der Waals surface area contributed by atoms with Gasteiger partial charge in [0.25, 0.3) is 0 Å². The monoisotopic (exact) mass is 263 g/mol. The highest BCUT2D eigenvalue weighted by molar-refractivity contribution is 7.92. The molecule has 0 heterocycles. The molecule has 0 aliphatic carbocycles. The molecule has 0 saturated carbocycles. The van der Waals surface area contributed by atoms with E-state index in [2.05, 4.69) is 12.2 Å². The maximum absolute atomic E-state index is 12.5. The fourth-order valence-corrected chi connectivity index (χ4v) is 4.73. The Balaban J connectivity index is 5.09. The molecule has 0 fully saturated rings. The van der Waals surface area contributed by atoms with Gasteiger partial charge in [-0.05, 0) is 32.7 Å². The van der Waals surface area contributed by atoms with Gasteiger partial charge in [-0.3, -0.25) is 0 Å². The summed E-state index contributed by atoms with van der Waals surface area (Å²) in [5, 5.41) is 2.65. The molecule has 3 nitrogen and oxygen atoms in total. The lowest BCUT2D eigenvalue weighted by molar-refractivity contribution is 0.452. The summed E-state index contributed by atoms with van der Waals surface area (Å²) < 4.78 is 25.1. The van der Waals surface area contributed by atoms with Crippen LogP contribution in [0.15, 0.2) is 0 Å². The van der Waals surface area contributed by atoms with Gasteiger partial charge in [-0.25, -0.2) is 8.42 Å². The predicted molar refractivity (Wildman–Crippen MR) is 75.1 cm³/mol. The highest BCUT2D eigenvalue weighted by Gasteiger charge is 2.35. The Hall–Kier alpha value is -0.0900. The molecule has 0 aromatic carbocycles. The molecule has 1 N–H and O–H groups in total. The number of hydrogen-bond acceptors (Lipinski definition) is 3. The molecule has 4 heteroatoms. The van der Waals surface area contributed by atoms with Crippen LogP contribution < -0.4 is 5.32 Å². The largest absolute Gasteiger partial charge is 0.316 e. The summed E-state index contributed by atoms with van der Waals surface area (Å²) >= 11 is 0. The number of rotatable bonds is 8. The Labute approximate surface area is 107 Å². The van der Waals surface area contributed by atoms with Crippen LogP contribution in [-0.2, 0) is 9.84 Å². The molecule has 0 radical (unpaired) electrons. The lowest BCUT2D eigenvalue weighted by Crippen LogP contribution is -2.46. The highest BCUT2D eigenvalue weighted by atomic mass is 32.2. The highest BCUT2D eigenvalue weighted by Crippen LogP contribution is 2.23. The molecule has 104 valence electrons. The first-order chi connectivity index (χ1) is 7.82. The van der Waals surface area contributed by atoms with Crippen LogP contribution in [0.2, 0.25) is 0 Å². The number of sulfone groups is 1. The van der Waals surface area contributed by atoms with Crippen molar-refractivity contribution in [3.05, 3.63) is 0 Å². The van der Waals surface area contributed by atoms with E-state index in [9.17, 15) is 8.42 Å². The van der Waals surface area contributed by atoms with E-state index in [-0.39, 0.29) is 22.5 Å². The molecule has 0 aliphatic heterocycles. The van der Waals surface area contributed by atoms with Crippen molar-refractivity contribution >= 4 is 9.84 Å². The molecule has 0 spiro atoms. The van der Waals surface area contributed by atoms with Crippen LogP contribution in [0.4, 0.5) is 0 Å². The number of hydrogen-bond donors (Lipinski definition) is 1. The zero-order valence-electron chi connectivity index (χ0n) is 12.2. The second kappa shape index (κ2) is 7.37. The Morgan fingerprint density at radius 1 is 1.12 bits per heavy atom. The van der Waals surface area contributed by atoms with E-state index in [0.29, 0.717) is 6.42 Å². The van der Waals surface area contributed by atoms with E-state index in [4.69, 9.17) is 0 Å². The Bertz CT molecular complexity index is 299. The van der Waals surface area contributed by atoms with Crippen LogP contribution >= 0.6 is 0 Å². The van der Waals surface area contributed by atoms with Crippen molar-refractivity contribution in [2.75, 3.05) is 7.05 Å². The smallest absolute Gasteiger partial charge is 0.157 e. The van der Waals surface area contributed by atoms with Gasteiger partial charge < -0.3 is 5.32 Å². The maximum atomic E-state index is 12.5. The van der Waals surface area contributed by atoms with E-state index in [1.165, 1.54) is 0 Å². The van der Waals surface area contributed by atoms with Gasteiger partial charge in [0.1, 0.15) is 0 Å². The third kappa shape index (κ3) is 4.25. The molecule has 3 atom stereocenters. The van der Waals surface area contributed by atoms with Gasteiger partial charge in [0.15, 0.2) is 9.84 Å². The van der Waals surface area contributed by atoms with E-state index in [1.807, 2.05) is 34.7 Å². The molecular formula is C13H29NO2S. The van der Waals surface area contributed by atoms with Crippen LogP contribution in [0.3, 0.4) is 0 Å². The molecule has 0 amide bonds. The summed E-state index contributed by atoms with van der Waals surface area (Å²) in [7, 11) is -1.19. The number of nitrogens with one attached hydrogen (secondary N) is 1. The molecule has 0 aromatic heterocycles. The van der Waals surface area contributed by atoms with E-state index >= 15 is 0 Å². The Kier molecular flexibility index (Phi) is 7.33. The van der Waals surface area contributed by atoms with E-state index < -0.39 is 9.84 Å². The fraction of sp³-hybridized carbons (Fsp3) is 1.00. The van der Waals surface area contributed by atoms with Crippen LogP contribution in [0, 0.1) is 5.92 Å². The van der Waals surface area contributed by atoms with Crippen LogP contribution in [0.1, 0.15) is 53.9 Å². The van der Waals surface area contributed by atoms with E-state index in [0.717, 1.165) is 12.8 Å². The first-order valence-electron chi connectivity index (χ1n) is 6.72. The zero-order valence-corrected chi connectivity index (χ0v) is 13.0. The lowest BCUT2D eigenvalue weighted by Gasteiger charge is -2.29. The predicted octanol–water partition coefficient (Wildman–Crippen LogP) is 2.61. The van der Waals surface area contributed by atoms with Gasteiger partial charge in [0, 0.05) is 6.04 Å². The van der Waals surface area contributed by atoms with Crippen LogP contribution in [0.25, 0.3) is 0 Å². The molecule has 0 bridgehead atoms. The third-order valence-electron chi connectivity index (χ3n) is 3.70. The minimum atomic E-state index is -3.05. The summed E-state index contributed by atoms with van der Waals surface area (Å²) in [6, 6.07) is 0.0798. The zero-order chi connectivity index (χ0) is 13.6. The van der Waals surface area contributed by atoms with Crippen molar-refractivity contribution in [2.45, 2.75) is 70.4 Å². The van der Waals surface area contributed by atoms with Crippen molar-refractivity contribution in [3.63, 3.8) is 0 Å². The second-order valence-electron chi connectivity index (χ2n) is 5.17. The summed E-state index contributed by atoms with van der Waals surface area (Å²) in [6.07, 6.45) is 2.61. The molecule has 17 heavy (non-hydrogen) atoms. The SMILES string of the molecule is CCCC(NC)C(CC)S(=O)(=O)C(C)C(C)C. The normalized spacial score (nSPS) is 18.1. The van der Waals surface area contributed by atoms with Crippen LogP contribution in [-0.4, -0.2) is 32.0 Å². The summed E-state index contributed by atoms with van der Waals surface area (Å²) in [4.78, 5) is 0. The van der Waals surface area contributed by atoms with Crippen molar-refractivity contribution in [2.24, 2.45) is 5.92 Å². The van der Waals surface area contributed by atoms with Gasteiger partial charge in [-0.15, -0.1) is 0 Å². The standard InChI is InChI=1S/C13H29NO2S/c1-7-9-12(14-6)13(8-2)17(15,16)11(5)10(3)4/h10-14H,7-9H2,1-6H3. The lowest BCUT2D eigenvalue weighted by atomic mass is 10.1. The average Bonchev–Trinajstić information content (AvgIpc) is 2.27. The van der Waals surface area contributed by atoms with Crippen molar-refractivity contribution in [1.82, 2.24) is 5.32 Å². The van der Waals surface area contributed by atoms with Gasteiger partial charge in [-0.1, -0.05) is 34.1 Å². The fourth-order valence-electron chi connectivity index (χ4n) is 2.23. The van der Waals surface area contributed by atoms with Crippen molar-refractivity contribution in [3.8, 4) is 0 Å². The quantitative estimate of drug-likeness (QED) is 0.732. The van der Waals surface area contributed by atoms with Gasteiger partial charge >= 0.3 is 0 Å². The Morgan fingerprint density at radius 2 is 1.65 bits per heavy atom. The maximum Gasteiger partial charge on any atom is 0.157 e. The van der Waals surface area contributed by atoms with Crippen LogP contribution in [0.5, 0.6) is 0 Å². The molecule has 0 rings (SSSR count). The van der Waals surface area contributed by atoms with Crippen molar-refractivity contribution < 1.29 is 8.42 Å². The minimum absolute atomic E-state index is 0.0798. The van der Waals surface area contributed by atoms with Gasteiger partial charge in [0.05, 0.1) is 10.5 Å². The molecule has 0 aromatic rings. The third-order valence-corrected chi connectivity index (χ3v) is 6.79. The molecular weight excluding hydrogens is 234 g/mol. The van der Waals surface area contributed by atoms with Gasteiger partial charge in [0.2, 0.25) is 0 Å². The first kappa shape index (κ1) is 16.9. The summed E-state index contributed by atoms with van der Waals surface area (Å²) in [6.45, 7) is 9.85. The van der Waals surface area contributed by atoms with E-state index in [1.54, 1.807) is 0 Å². The summed E-state index contributed by atoms with van der Waals surface area (Å²) in [5.74, 6) is 0.174. The topological polar surface area (TPSA) is 46.2 Å². The van der Waals surface area contributed by atoms with Crippen molar-refractivity contribution in [1.29, 1.82) is 0 Å². The minimum Gasteiger partial charge on any atom is -0.316 e. The summed E-state index contributed by atoms with van der Waals surface area (Å²) in [5.41, 5.74) is 0. The molecule has 0 saturated heterocycles. The Morgan fingerprint density at radius 3 is 1.94 bits per heavy atom. The molecule has 3 unspecified atom stereocenters. The van der Waals surface area contributed by atoms with Gasteiger partial charge in [-0.2, -0.15) is 0 Å². The second-order valence-corrected chi connectivity index (χ2v) is 7.70. The average molecular weight is 263 g/mol.